The maximum absolute atomic E-state index is 12.9. The molecular formula is C27H37N5O3. The number of nitrogens with zero attached hydrogens (tertiary/aromatic N) is 3. The Bertz CT molecular complexity index is 1080. The summed E-state index contributed by atoms with van der Waals surface area (Å²) in [7, 11) is 1.88. The molecule has 3 aliphatic rings. The summed E-state index contributed by atoms with van der Waals surface area (Å²) in [6.45, 7) is 3.50. The first-order valence-electron chi connectivity index (χ1n) is 13.2. The number of imide groups is 1. The molecular weight excluding hydrogens is 442 g/mol. The number of hydrogen-bond donors (Lipinski definition) is 2. The molecule has 1 aromatic carbocycles. The van der Waals surface area contributed by atoms with Crippen LogP contribution in [0.5, 0.6) is 0 Å². The zero-order chi connectivity index (χ0) is 24.4. The number of H-pyrrole nitrogens is 1. The van der Waals surface area contributed by atoms with Gasteiger partial charge in [0.05, 0.1) is 0 Å². The Kier molecular flexibility index (Phi) is 7.09. The van der Waals surface area contributed by atoms with Crippen LogP contribution in [0, 0.1) is 5.92 Å². The predicted octanol–water partition coefficient (Wildman–Crippen LogP) is 3.13. The molecule has 3 fully saturated rings. The second-order valence-electron chi connectivity index (χ2n) is 10.4. The SMILES string of the molecule is CN(C[C@@H]1CCCN2CCCC[C@H]12)C(=O)CC[C@H]1NC(=O)N(CCc2c[nH]c3ccccc23)C1=O. The summed E-state index contributed by atoms with van der Waals surface area (Å²) in [6.07, 6.45) is 9.35. The molecule has 0 unspecified atom stereocenters. The molecule has 3 atom stereocenters. The Balaban J connectivity index is 1.10. The van der Waals surface area contributed by atoms with Gasteiger partial charge in [-0.25, -0.2) is 4.79 Å². The van der Waals surface area contributed by atoms with Crippen LogP contribution in [0.4, 0.5) is 4.79 Å². The van der Waals surface area contributed by atoms with Crippen molar-refractivity contribution in [1.82, 2.24) is 25.0 Å². The first kappa shape index (κ1) is 23.9. The van der Waals surface area contributed by atoms with Gasteiger partial charge in [-0.3, -0.25) is 14.5 Å². The molecule has 188 valence electrons. The number of aromatic nitrogens is 1. The molecule has 2 N–H and O–H groups in total. The van der Waals surface area contributed by atoms with E-state index in [2.05, 4.69) is 15.2 Å². The highest BCUT2D eigenvalue weighted by Gasteiger charge is 2.38. The fraction of sp³-hybridized carbons (Fsp3) is 0.593. The molecule has 0 spiro atoms. The Labute approximate surface area is 207 Å². The molecule has 4 amide bonds. The molecule has 3 saturated heterocycles. The van der Waals surface area contributed by atoms with Gasteiger partial charge in [0.1, 0.15) is 6.04 Å². The zero-order valence-electron chi connectivity index (χ0n) is 20.7. The van der Waals surface area contributed by atoms with Crippen LogP contribution in [-0.4, -0.2) is 82.8 Å². The summed E-state index contributed by atoms with van der Waals surface area (Å²) in [6, 6.07) is 7.63. The summed E-state index contributed by atoms with van der Waals surface area (Å²) >= 11 is 0. The molecule has 0 radical (unpaired) electrons. The number of hydrogen-bond acceptors (Lipinski definition) is 4. The minimum atomic E-state index is -0.619. The number of carbonyl (C=O) groups excluding carboxylic acids is 3. The summed E-state index contributed by atoms with van der Waals surface area (Å²) in [4.78, 5) is 47.3. The molecule has 0 bridgehead atoms. The molecule has 1 aromatic heterocycles. The first-order valence-corrected chi connectivity index (χ1v) is 13.2. The van der Waals surface area contributed by atoms with E-state index in [-0.39, 0.29) is 24.3 Å². The molecule has 4 heterocycles. The smallest absolute Gasteiger partial charge is 0.324 e. The van der Waals surface area contributed by atoms with Crippen LogP contribution in [0.2, 0.25) is 0 Å². The number of nitrogens with one attached hydrogen (secondary N) is 2. The van der Waals surface area contributed by atoms with Gasteiger partial charge in [-0.15, -0.1) is 0 Å². The van der Waals surface area contributed by atoms with Gasteiger partial charge in [-0.2, -0.15) is 0 Å². The van der Waals surface area contributed by atoms with E-state index in [1.807, 2.05) is 42.4 Å². The van der Waals surface area contributed by atoms with Crippen LogP contribution in [0.25, 0.3) is 10.9 Å². The molecule has 3 aliphatic heterocycles. The predicted molar refractivity (Wildman–Crippen MR) is 135 cm³/mol. The Morgan fingerprint density at radius 1 is 1.11 bits per heavy atom. The van der Waals surface area contributed by atoms with Crippen LogP contribution in [0.15, 0.2) is 30.5 Å². The Morgan fingerprint density at radius 2 is 1.94 bits per heavy atom. The molecule has 2 aromatic rings. The van der Waals surface area contributed by atoms with E-state index in [1.54, 1.807) is 0 Å². The van der Waals surface area contributed by atoms with E-state index in [4.69, 9.17) is 0 Å². The van der Waals surface area contributed by atoms with E-state index < -0.39 is 6.04 Å². The van der Waals surface area contributed by atoms with Crippen molar-refractivity contribution in [3.63, 3.8) is 0 Å². The maximum atomic E-state index is 12.9. The number of piperidine rings is 2. The Hall–Kier alpha value is -2.87. The van der Waals surface area contributed by atoms with Crippen LogP contribution >= 0.6 is 0 Å². The lowest BCUT2D eigenvalue weighted by atomic mass is 9.83. The molecule has 5 rings (SSSR count). The van der Waals surface area contributed by atoms with Crippen molar-refractivity contribution in [2.75, 3.05) is 33.2 Å². The fourth-order valence-corrected chi connectivity index (χ4v) is 6.26. The normalized spacial score (nSPS) is 25.1. The van der Waals surface area contributed by atoms with Crippen LogP contribution in [-0.2, 0) is 16.0 Å². The number of amides is 4. The van der Waals surface area contributed by atoms with Crippen LogP contribution in [0.3, 0.4) is 0 Å². The number of carbonyl (C=O) groups is 3. The molecule has 8 heteroatoms. The van der Waals surface area contributed by atoms with Crippen LogP contribution in [0.1, 0.15) is 50.5 Å². The lowest BCUT2D eigenvalue weighted by Gasteiger charge is -2.45. The van der Waals surface area contributed by atoms with Crippen molar-refractivity contribution in [1.29, 1.82) is 0 Å². The van der Waals surface area contributed by atoms with Crippen LogP contribution < -0.4 is 5.32 Å². The highest BCUT2D eigenvalue weighted by atomic mass is 16.2. The van der Waals surface area contributed by atoms with Gasteiger partial charge in [-0.05, 0) is 69.2 Å². The Morgan fingerprint density at radius 3 is 2.83 bits per heavy atom. The van der Waals surface area contributed by atoms with Crippen molar-refractivity contribution >= 4 is 28.7 Å². The minimum absolute atomic E-state index is 0.0530. The van der Waals surface area contributed by atoms with Crippen molar-refractivity contribution in [2.24, 2.45) is 5.92 Å². The van der Waals surface area contributed by atoms with Gasteiger partial charge in [0.2, 0.25) is 5.91 Å². The first-order chi connectivity index (χ1) is 17.0. The van der Waals surface area contributed by atoms with E-state index in [0.29, 0.717) is 31.3 Å². The second-order valence-corrected chi connectivity index (χ2v) is 10.4. The van der Waals surface area contributed by atoms with Gasteiger partial charge in [0.25, 0.3) is 5.91 Å². The molecule has 0 saturated carbocycles. The van der Waals surface area contributed by atoms with Crippen molar-refractivity contribution < 1.29 is 14.4 Å². The molecule has 8 nitrogen and oxygen atoms in total. The number of urea groups is 1. The van der Waals surface area contributed by atoms with E-state index >= 15 is 0 Å². The third kappa shape index (κ3) is 5.08. The summed E-state index contributed by atoms with van der Waals surface area (Å²) in [5.74, 6) is 0.360. The zero-order valence-corrected chi connectivity index (χ0v) is 20.7. The lowest BCUT2D eigenvalue weighted by molar-refractivity contribution is -0.131. The van der Waals surface area contributed by atoms with E-state index in [9.17, 15) is 14.4 Å². The highest BCUT2D eigenvalue weighted by molar-refractivity contribution is 6.04. The largest absolute Gasteiger partial charge is 0.361 e. The summed E-state index contributed by atoms with van der Waals surface area (Å²) in [5.41, 5.74) is 2.13. The minimum Gasteiger partial charge on any atom is -0.361 e. The highest BCUT2D eigenvalue weighted by Crippen LogP contribution is 2.31. The maximum Gasteiger partial charge on any atom is 0.324 e. The van der Waals surface area contributed by atoms with Gasteiger partial charge < -0.3 is 20.1 Å². The quantitative estimate of drug-likeness (QED) is 0.570. The van der Waals surface area contributed by atoms with Crippen molar-refractivity contribution in [3.05, 3.63) is 36.0 Å². The van der Waals surface area contributed by atoms with E-state index in [1.165, 1.54) is 50.1 Å². The van der Waals surface area contributed by atoms with E-state index in [0.717, 1.165) is 23.0 Å². The second kappa shape index (κ2) is 10.4. The van der Waals surface area contributed by atoms with Gasteiger partial charge in [-0.1, -0.05) is 24.6 Å². The molecule has 35 heavy (non-hydrogen) atoms. The van der Waals surface area contributed by atoms with Crippen molar-refractivity contribution in [3.8, 4) is 0 Å². The summed E-state index contributed by atoms with van der Waals surface area (Å²) in [5, 5.41) is 3.90. The fourth-order valence-electron chi connectivity index (χ4n) is 6.26. The van der Waals surface area contributed by atoms with Gasteiger partial charge in [0, 0.05) is 49.7 Å². The topological polar surface area (TPSA) is 88.8 Å². The summed E-state index contributed by atoms with van der Waals surface area (Å²) < 4.78 is 0. The number of fused-ring (bicyclic) bond motifs is 2. The average molecular weight is 480 g/mol. The van der Waals surface area contributed by atoms with Gasteiger partial charge >= 0.3 is 6.03 Å². The third-order valence-electron chi connectivity index (χ3n) is 8.20. The van der Waals surface area contributed by atoms with Gasteiger partial charge in [0.15, 0.2) is 0 Å². The van der Waals surface area contributed by atoms with Crippen molar-refractivity contribution in [2.45, 2.75) is 63.5 Å². The lowest BCUT2D eigenvalue weighted by Crippen LogP contribution is -2.51. The number of rotatable bonds is 8. The average Bonchev–Trinajstić information content (AvgIpc) is 3.41. The number of para-hydroxylation sites is 1. The standard InChI is InChI=1S/C27H37N5O3/c1-30(18-20-7-6-15-31-14-5-4-10-24(20)31)25(33)12-11-23-26(34)32(27(35)29-23)16-13-19-17-28-22-9-3-2-8-21(19)22/h2-3,8-9,17,20,23-24,28H,4-7,10-16,18H2,1H3,(H,29,35)/t20-,23+,24+/m0/s1. The number of benzene rings is 1. The third-order valence-corrected chi connectivity index (χ3v) is 8.20. The number of aromatic amines is 1. The monoisotopic (exact) mass is 479 g/mol. The molecule has 0 aliphatic carbocycles.